The first-order valence-corrected chi connectivity index (χ1v) is 9.77. The van der Waals surface area contributed by atoms with Crippen LogP contribution in [0.15, 0.2) is 66.2 Å². The Hall–Kier alpha value is -2.30. The standard InChI is InChI=1S/C23H26ClNO3/c1-23(2,3)28-22(27)25-14-16(15-25)13-20(17-7-5-4-6-8-17)21(26)18-9-11-19(24)12-10-18/h4-13,20-21,26H,14-15H2,1-3H3/t20-,21-/m0/s1. The molecule has 1 heterocycles. The number of aliphatic hydroxyl groups excluding tert-OH is 1. The number of hydrogen-bond acceptors (Lipinski definition) is 3. The summed E-state index contributed by atoms with van der Waals surface area (Å²) >= 11 is 5.98. The van der Waals surface area contributed by atoms with Crippen LogP contribution in [0.25, 0.3) is 0 Å². The maximum Gasteiger partial charge on any atom is 0.410 e. The van der Waals surface area contributed by atoms with Gasteiger partial charge < -0.3 is 14.7 Å². The van der Waals surface area contributed by atoms with Crippen LogP contribution in [0.4, 0.5) is 4.79 Å². The number of hydrogen-bond donors (Lipinski definition) is 1. The average molecular weight is 400 g/mol. The van der Waals surface area contributed by atoms with Crippen LogP contribution in [0.3, 0.4) is 0 Å². The summed E-state index contributed by atoms with van der Waals surface area (Å²) in [4.78, 5) is 13.8. The molecule has 0 aliphatic carbocycles. The van der Waals surface area contributed by atoms with Crippen molar-refractivity contribution in [1.29, 1.82) is 0 Å². The highest BCUT2D eigenvalue weighted by atomic mass is 35.5. The SMILES string of the molecule is CC(C)(C)OC(=O)N1CC(=C[C@@H](c2ccccc2)[C@@H](O)c2ccc(Cl)cc2)C1. The lowest BCUT2D eigenvalue weighted by Crippen LogP contribution is -2.47. The van der Waals surface area contributed by atoms with Gasteiger partial charge in [0.1, 0.15) is 5.60 Å². The molecule has 5 heteroatoms. The van der Waals surface area contributed by atoms with E-state index in [0.717, 1.165) is 16.7 Å². The Balaban J connectivity index is 1.77. The summed E-state index contributed by atoms with van der Waals surface area (Å²) in [5.41, 5.74) is 2.42. The van der Waals surface area contributed by atoms with E-state index in [4.69, 9.17) is 16.3 Å². The van der Waals surface area contributed by atoms with E-state index < -0.39 is 11.7 Å². The molecule has 4 nitrogen and oxygen atoms in total. The third kappa shape index (κ3) is 5.15. The number of likely N-dealkylation sites (tertiary alicyclic amines) is 1. The van der Waals surface area contributed by atoms with Crippen molar-refractivity contribution in [3.63, 3.8) is 0 Å². The van der Waals surface area contributed by atoms with Crippen LogP contribution in [0.5, 0.6) is 0 Å². The summed E-state index contributed by atoms with van der Waals surface area (Å²) in [5.74, 6) is -0.210. The zero-order chi connectivity index (χ0) is 20.3. The Morgan fingerprint density at radius 1 is 1.07 bits per heavy atom. The molecule has 0 unspecified atom stereocenters. The molecule has 28 heavy (non-hydrogen) atoms. The highest BCUT2D eigenvalue weighted by Crippen LogP contribution is 2.35. The van der Waals surface area contributed by atoms with Crippen molar-refractivity contribution < 1.29 is 14.6 Å². The molecule has 0 saturated carbocycles. The molecule has 2 aromatic carbocycles. The van der Waals surface area contributed by atoms with Gasteiger partial charge in [0, 0.05) is 24.0 Å². The number of rotatable bonds is 4. The molecule has 2 aromatic rings. The number of amides is 1. The third-order valence-electron chi connectivity index (χ3n) is 4.59. The Bertz CT molecular complexity index is 832. The van der Waals surface area contributed by atoms with Crippen LogP contribution >= 0.6 is 11.6 Å². The summed E-state index contributed by atoms with van der Waals surface area (Å²) in [6.45, 7) is 6.61. The highest BCUT2D eigenvalue weighted by molar-refractivity contribution is 6.30. The summed E-state index contributed by atoms with van der Waals surface area (Å²) < 4.78 is 5.41. The fraction of sp³-hybridized carbons (Fsp3) is 0.348. The monoisotopic (exact) mass is 399 g/mol. The van der Waals surface area contributed by atoms with Crippen molar-refractivity contribution in [1.82, 2.24) is 4.90 Å². The van der Waals surface area contributed by atoms with Crippen LogP contribution in [-0.4, -0.2) is 34.8 Å². The fourth-order valence-corrected chi connectivity index (χ4v) is 3.30. The van der Waals surface area contributed by atoms with Gasteiger partial charge in [0.05, 0.1) is 6.10 Å². The fourth-order valence-electron chi connectivity index (χ4n) is 3.17. The Labute approximate surface area is 171 Å². The molecule has 0 spiro atoms. The Morgan fingerprint density at radius 3 is 2.25 bits per heavy atom. The molecular formula is C23H26ClNO3. The number of carbonyl (C=O) groups excluding carboxylic acids is 1. The van der Waals surface area contributed by atoms with Crippen molar-refractivity contribution in [3.05, 3.63) is 82.4 Å². The molecule has 0 aromatic heterocycles. The van der Waals surface area contributed by atoms with Crippen molar-refractivity contribution in [3.8, 4) is 0 Å². The summed E-state index contributed by atoms with van der Waals surface area (Å²) in [5, 5.41) is 11.7. The average Bonchev–Trinajstić information content (AvgIpc) is 2.60. The van der Waals surface area contributed by atoms with E-state index in [-0.39, 0.29) is 12.0 Å². The molecule has 3 rings (SSSR count). The number of benzene rings is 2. The van der Waals surface area contributed by atoms with E-state index in [1.807, 2.05) is 63.2 Å². The van der Waals surface area contributed by atoms with Crippen LogP contribution < -0.4 is 0 Å². The van der Waals surface area contributed by atoms with E-state index in [2.05, 4.69) is 6.08 Å². The zero-order valence-corrected chi connectivity index (χ0v) is 17.2. The maximum absolute atomic E-state index is 12.1. The molecule has 148 valence electrons. The van der Waals surface area contributed by atoms with Gasteiger partial charge in [0.25, 0.3) is 0 Å². The number of halogens is 1. The second kappa shape index (κ2) is 8.38. The molecule has 2 atom stereocenters. The largest absolute Gasteiger partial charge is 0.444 e. The van der Waals surface area contributed by atoms with Crippen LogP contribution in [0, 0.1) is 0 Å². The van der Waals surface area contributed by atoms with Crippen molar-refractivity contribution in [2.75, 3.05) is 13.1 Å². The van der Waals surface area contributed by atoms with Gasteiger partial charge in [0.15, 0.2) is 0 Å². The molecule has 1 N–H and O–H groups in total. The third-order valence-corrected chi connectivity index (χ3v) is 4.84. The lowest BCUT2D eigenvalue weighted by atomic mass is 9.86. The van der Waals surface area contributed by atoms with Crippen LogP contribution in [-0.2, 0) is 4.74 Å². The first kappa shape index (κ1) is 20.4. The predicted octanol–water partition coefficient (Wildman–Crippen LogP) is 5.33. The minimum absolute atomic E-state index is 0.210. The van der Waals surface area contributed by atoms with Gasteiger partial charge in [-0.25, -0.2) is 4.79 Å². The second-order valence-corrected chi connectivity index (χ2v) is 8.53. The maximum atomic E-state index is 12.1. The minimum atomic E-state index is -0.706. The van der Waals surface area contributed by atoms with Crippen LogP contribution in [0.2, 0.25) is 5.02 Å². The van der Waals surface area contributed by atoms with Gasteiger partial charge in [0.2, 0.25) is 0 Å². The van der Waals surface area contributed by atoms with Crippen LogP contribution in [0.1, 0.15) is 43.9 Å². The zero-order valence-electron chi connectivity index (χ0n) is 16.4. The molecule has 1 amide bonds. The van der Waals surface area contributed by atoms with E-state index in [0.29, 0.717) is 18.1 Å². The Kier molecular flexibility index (Phi) is 6.11. The molecular weight excluding hydrogens is 374 g/mol. The van der Waals surface area contributed by atoms with Gasteiger partial charge in [-0.15, -0.1) is 0 Å². The molecule has 1 saturated heterocycles. The molecule has 1 aliphatic rings. The highest BCUT2D eigenvalue weighted by Gasteiger charge is 2.31. The quantitative estimate of drug-likeness (QED) is 0.706. The second-order valence-electron chi connectivity index (χ2n) is 8.09. The lowest BCUT2D eigenvalue weighted by molar-refractivity contribution is 0.0213. The summed E-state index contributed by atoms with van der Waals surface area (Å²) in [6.07, 6.45) is 1.05. The van der Waals surface area contributed by atoms with E-state index in [1.165, 1.54) is 0 Å². The van der Waals surface area contributed by atoms with Gasteiger partial charge in [-0.3, -0.25) is 0 Å². The number of carbonyl (C=O) groups is 1. The van der Waals surface area contributed by atoms with Crippen molar-refractivity contribution in [2.45, 2.75) is 38.4 Å². The van der Waals surface area contributed by atoms with Gasteiger partial charge in [-0.1, -0.05) is 60.1 Å². The number of ether oxygens (including phenoxy) is 1. The van der Waals surface area contributed by atoms with Crippen molar-refractivity contribution in [2.24, 2.45) is 0 Å². The molecule has 1 fully saturated rings. The molecule has 0 radical (unpaired) electrons. The normalized spacial score (nSPS) is 16.2. The smallest absolute Gasteiger partial charge is 0.410 e. The van der Waals surface area contributed by atoms with Gasteiger partial charge in [-0.05, 0) is 49.6 Å². The lowest BCUT2D eigenvalue weighted by Gasteiger charge is -2.36. The molecule has 0 bridgehead atoms. The van der Waals surface area contributed by atoms with E-state index >= 15 is 0 Å². The first-order chi connectivity index (χ1) is 13.2. The summed E-state index contributed by atoms with van der Waals surface area (Å²) in [6, 6.07) is 17.1. The predicted molar refractivity (Wildman–Crippen MR) is 111 cm³/mol. The van der Waals surface area contributed by atoms with Crippen molar-refractivity contribution >= 4 is 17.7 Å². The van der Waals surface area contributed by atoms with Gasteiger partial charge in [-0.2, -0.15) is 0 Å². The first-order valence-electron chi connectivity index (χ1n) is 9.39. The minimum Gasteiger partial charge on any atom is -0.444 e. The Morgan fingerprint density at radius 2 is 1.68 bits per heavy atom. The number of aliphatic hydroxyl groups is 1. The van der Waals surface area contributed by atoms with E-state index in [1.54, 1.807) is 17.0 Å². The summed E-state index contributed by atoms with van der Waals surface area (Å²) in [7, 11) is 0. The van der Waals surface area contributed by atoms with E-state index in [9.17, 15) is 9.90 Å². The topological polar surface area (TPSA) is 49.8 Å². The number of nitrogens with zero attached hydrogens (tertiary/aromatic N) is 1. The molecule has 1 aliphatic heterocycles. The van der Waals surface area contributed by atoms with Gasteiger partial charge >= 0.3 is 6.09 Å².